The van der Waals surface area contributed by atoms with Crippen LogP contribution in [0.4, 0.5) is 4.39 Å². The minimum Gasteiger partial charge on any atom is -0.462 e. The normalized spacial score (nSPS) is 9.95. The second-order valence-electron chi connectivity index (χ2n) is 3.69. The van der Waals surface area contributed by atoms with Gasteiger partial charge in [-0.2, -0.15) is 5.26 Å². The topological polar surface area (TPSA) is 50.1 Å². The standard InChI is InChI=1S/C14H10FNO2S/c1-2-18-14(17)12-7-10(8-16)13(19-12)9-3-5-11(15)6-4-9/h3-7H,2H2,1H3. The van der Waals surface area contributed by atoms with Gasteiger partial charge >= 0.3 is 5.97 Å². The van der Waals surface area contributed by atoms with Crippen LogP contribution in [-0.2, 0) is 4.74 Å². The van der Waals surface area contributed by atoms with E-state index < -0.39 is 5.97 Å². The second-order valence-corrected chi connectivity index (χ2v) is 4.74. The van der Waals surface area contributed by atoms with E-state index in [2.05, 4.69) is 0 Å². The lowest BCUT2D eigenvalue weighted by molar-refractivity contribution is 0.0532. The molecule has 0 bridgehead atoms. The average molecular weight is 275 g/mol. The van der Waals surface area contributed by atoms with Gasteiger partial charge in [0.25, 0.3) is 0 Å². The van der Waals surface area contributed by atoms with Crippen LogP contribution in [0.1, 0.15) is 22.2 Å². The van der Waals surface area contributed by atoms with Crippen molar-refractivity contribution in [1.82, 2.24) is 0 Å². The van der Waals surface area contributed by atoms with Gasteiger partial charge in [-0.3, -0.25) is 0 Å². The molecule has 0 N–H and O–H groups in total. The number of nitriles is 1. The fourth-order valence-electron chi connectivity index (χ4n) is 1.59. The molecule has 0 aliphatic rings. The van der Waals surface area contributed by atoms with E-state index in [4.69, 9.17) is 10.00 Å². The molecule has 0 fully saturated rings. The summed E-state index contributed by atoms with van der Waals surface area (Å²) in [4.78, 5) is 12.6. The number of esters is 1. The third kappa shape index (κ3) is 2.80. The minimum atomic E-state index is -0.447. The summed E-state index contributed by atoms with van der Waals surface area (Å²) in [6, 6.07) is 9.34. The molecule has 19 heavy (non-hydrogen) atoms. The maximum Gasteiger partial charge on any atom is 0.348 e. The number of thiophene rings is 1. The molecule has 0 saturated carbocycles. The Morgan fingerprint density at radius 3 is 2.68 bits per heavy atom. The second kappa shape index (κ2) is 5.63. The van der Waals surface area contributed by atoms with Gasteiger partial charge in [0.1, 0.15) is 16.8 Å². The molecule has 0 aliphatic carbocycles. The summed E-state index contributed by atoms with van der Waals surface area (Å²) >= 11 is 1.17. The van der Waals surface area contributed by atoms with Crippen LogP contribution in [0.5, 0.6) is 0 Å². The SMILES string of the molecule is CCOC(=O)c1cc(C#N)c(-c2ccc(F)cc2)s1. The zero-order chi connectivity index (χ0) is 13.8. The highest BCUT2D eigenvalue weighted by molar-refractivity contribution is 7.17. The Hall–Kier alpha value is -2.19. The number of hydrogen-bond donors (Lipinski definition) is 0. The zero-order valence-electron chi connectivity index (χ0n) is 10.1. The lowest BCUT2D eigenvalue weighted by atomic mass is 10.1. The summed E-state index contributed by atoms with van der Waals surface area (Å²) in [6.45, 7) is 2.00. The van der Waals surface area contributed by atoms with Crippen LogP contribution in [0, 0.1) is 17.1 Å². The summed E-state index contributed by atoms with van der Waals surface area (Å²) in [5.74, 6) is -0.790. The van der Waals surface area contributed by atoms with E-state index in [9.17, 15) is 9.18 Å². The monoisotopic (exact) mass is 275 g/mol. The highest BCUT2D eigenvalue weighted by Gasteiger charge is 2.16. The maximum atomic E-state index is 12.9. The molecule has 0 amide bonds. The Balaban J connectivity index is 2.43. The molecule has 1 aromatic carbocycles. The number of carbonyl (C=O) groups excluding carboxylic acids is 1. The van der Waals surface area contributed by atoms with Crippen LogP contribution in [0.2, 0.25) is 0 Å². The minimum absolute atomic E-state index is 0.282. The highest BCUT2D eigenvalue weighted by atomic mass is 32.1. The number of hydrogen-bond acceptors (Lipinski definition) is 4. The average Bonchev–Trinajstić information content (AvgIpc) is 2.84. The molecular formula is C14H10FNO2S. The van der Waals surface area contributed by atoms with Gasteiger partial charge in [0, 0.05) is 0 Å². The molecule has 0 atom stereocenters. The molecule has 5 heteroatoms. The molecule has 0 spiro atoms. The lowest BCUT2D eigenvalue weighted by Gasteiger charge is -1.98. The van der Waals surface area contributed by atoms with Crippen molar-refractivity contribution in [2.75, 3.05) is 6.61 Å². The van der Waals surface area contributed by atoms with Crippen LogP contribution in [-0.4, -0.2) is 12.6 Å². The summed E-state index contributed by atoms with van der Waals surface area (Å²) in [7, 11) is 0. The van der Waals surface area contributed by atoms with Gasteiger partial charge in [0.2, 0.25) is 0 Å². The predicted molar refractivity (Wildman–Crippen MR) is 70.4 cm³/mol. The first-order valence-electron chi connectivity index (χ1n) is 5.62. The van der Waals surface area contributed by atoms with Crippen molar-refractivity contribution in [2.24, 2.45) is 0 Å². The Bertz CT molecular complexity index is 640. The van der Waals surface area contributed by atoms with E-state index in [0.29, 0.717) is 20.9 Å². The number of rotatable bonds is 3. The van der Waals surface area contributed by atoms with E-state index in [0.717, 1.165) is 0 Å². The Morgan fingerprint density at radius 1 is 1.42 bits per heavy atom. The van der Waals surface area contributed by atoms with Crippen molar-refractivity contribution in [3.8, 4) is 16.5 Å². The third-order valence-electron chi connectivity index (χ3n) is 2.44. The maximum absolute atomic E-state index is 12.9. The molecule has 2 rings (SSSR count). The van der Waals surface area contributed by atoms with Gasteiger partial charge in [-0.25, -0.2) is 9.18 Å². The Kier molecular flexibility index (Phi) is 3.93. The largest absolute Gasteiger partial charge is 0.462 e. The molecule has 0 saturated heterocycles. The summed E-state index contributed by atoms with van der Waals surface area (Å²) in [5.41, 5.74) is 1.10. The smallest absolute Gasteiger partial charge is 0.348 e. The molecule has 1 aromatic heterocycles. The van der Waals surface area contributed by atoms with Crippen molar-refractivity contribution < 1.29 is 13.9 Å². The van der Waals surface area contributed by atoms with Crippen LogP contribution < -0.4 is 0 Å². The number of halogens is 1. The fraction of sp³-hybridized carbons (Fsp3) is 0.143. The highest BCUT2D eigenvalue weighted by Crippen LogP contribution is 2.32. The first-order chi connectivity index (χ1) is 9.15. The summed E-state index contributed by atoms with van der Waals surface area (Å²) < 4.78 is 17.8. The molecule has 0 radical (unpaired) electrons. The van der Waals surface area contributed by atoms with Crippen molar-refractivity contribution >= 4 is 17.3 Å². The lowest BCUT2D eigenvalue weighted by Crippen LogP contribution is -2.01. The molecule has 3 nitrogen and oxygen atoms in total. The Labute approximate surface area is 113 Å². The summed E-state index contributed by atoms with van der Waals surface area (Å²) in [6.07, 6.45) is 0. The van der Waals surface area contributed by atoms with E-state index >= 15 is 0 Å². The van der Waals surface area contributed by atoms with E-state index in [1.807, 2.05) is 6.07 Å². The number of benzene rings is 1. The molecule has 96 valence electrons. The van der Waals surface area contributed by atoms with Gasteiger partial charge < -0.3 is 4.74 Å². The van der Waals surface area contributed by atoms with Crippen molar-refractivity contribution in [3.63, 3.8) is 0 Å². The van der Waals surface area contributed by atoms with Gasteiger partial charge in [0.05, 0.1) is 17.0 Å². The molecule has 1 heterocycles. The van der Waals surface area contributed by atoms with Crippen LogP contribution in [0.15, 0.2) is 30.3 Å². The van der Waals surface area contributed by atoms with Crippen molar-refractivity contribution in [3.05, 3.63) is 46.6 Å². The molecular weight excluding hydrogens is 265 g/mol. The van der Waals surface area contributed by atoms with E-state index in [1.165, 1.54) is 29.5 Å². The predicted octanol–water partition coefficient (Wildman–Crippen LogP) is 3.60. The van der Waals surface area contributed by atoms with Crippen molar-refractivity contribution in [1.29, 1.82) is 5.26 Å². The van der Waals surface area contributed by atoms with Crippen LogP contribution in [0.3, 0.4) is 0 Å². The fourth-order valence-corrected chi connectivity index (χ4v) is 2.60. The molecule has 0 aliphatic heterocycles. The van der Waals surface area contributed by atoms with Crippen molar-refractivity contribution in [2.45, 2.75) is 6.92 Å². The van der Waals surface area contributed by atoms with Crippen LogP contribution in [0.25, 0.3) is 10.4 Å². The van der Waals surface area contributed by atoms with E-state index in [1.54, 1.807) is 19.1 Å². The van der Waals surface area contributed by atoms with E-state index in [-0.39, 0.29) is 12.4 Å². The summed E-state index contributed by atoms with van der Waals surface area (Å²) in [5, 5.41) is 9.09. The first-order valence-corrected chi connectivity index (χ1v) is 6.44. The molecule has 2 aromatic rings. The van der Waals surface area contributed by atoms with Crippen LogP contribution >= 0.6 is 11.3 Å². The van der Waals surface area contributed by atoms with Gasteiger partial charge in [0.15, 0.2) is 0 Å². The van der Waals surface area contributed by atoms with Gasteiger partial charge in [-0.1, -0.05) is 12.1 Å². The quantitative estimate of drug-likeness (QED) is 0.804. The first kappa shape index (κ1) is 13.2. The number of ether oxygens (including phenoxy) is 1. The van der Waals surface area contributed by atoms with Gasteiger partial charge in [-0.05, 0) is 30.7 Å². The number of carbonyl (C=O) groups is 1. The Morgan fingerprint density at radius 2 is 2.11 bits per heavy atom. The number of nitrogens with zero attached hydrogens (tertiary/aromatic N) is 1. The third-order valence-corrected chi connectivity index (χ3v) is 3.60. The molecule has 0 unspecified atom stereocenters. The zero-order valence-corrected chi connectivity index (χ0v) is 11.0. The van der Waals surface area contributed by atoms with Gasteiger partial charge in [-0.15, -0.1) is 11.3 Å².